The minimum Gasteiger partial charge on any atom is -0.867 e. The predicted octanol–water partition coefficient (Wildman–Crippen LogP) is 2.34. The molecule has 0 saturated heterocycles. The summed E-state index contributed by atoms with van der Waals surface area (Å²) in [4.78, 5) is 13.9. The van der Waals surface area contributed by atoms with Gasteiger partial charge in [0.15, 0.2) is 4.98 Å². The van der Waals surface area contributed by atoms with Gasteiger partial charge in [-0.2, -0.15) is 0 Å². The normalized spacial score (nSPS) is 11.8. The van der Waals surface area contributed by atoms with Crippen LogP contribution in [0.5, 0.6) is 0 Å². The zero-order valence-corrected chi connectivity index (χ0v) is 10.9. The molecule has 0 aliphatic rings. The second-order valence-electron chi connectivity index (χ2n) is 3.42. The summed E-state index contributed by atoms with van der Waals surface area (Å²) in [7, 11) is 0. The maximum Gasteiger partial charge on any atom is 0.460 e. The molecule has 1 aromatic rings. The molecule has 98 valence electrons. The summed E-state index contributed by atoms with van der Waals surface area (Å²) in [5.74, 6) is -1.70. The molecule has 0 unspecified atom stereocenters. The minimum atomic E-state index is -0.962. The van der Waals surface area contributed by atoms with Crippen LogP contribution in [0.1, 0.15) is 12.5 Å². The highest BCUT2D eigenvalue weighted by Crippen LogP contribution is 2.12. The summed E-state index contributed by atoms with van der Waals surface area (Å²) >= 11 is 5.72. The van der Waals surface area contributed by atoms with Crippen molar-refractivity contribution in [1.82, 2.24) is 0 Å². The largest absolute Gasteiger partial charge is 0.867 e. The number of diazo groups is 1. The first-order valence-corrected chi connectivity index (χ1v) is 5.83. The van der Waals surface area contributed by atoms with E-state index < -0.39 is 17.4 Å². The molecular formula is C13H11ClN2O3. The lowest BCUT2D eigenvalue weighted by atomic mass is 10.2. The fraction of sp³-hybridized carbons (Fsp3) is 0.154. The van der Waals surface area contributed by atoms with Gasteiger partial charge in [0, 0.05) is 5.02 Å². The van der Waals surface area contributed by atoms with Gasteiger partial charge < -0.3 is 9.84 Å². The van der Waals surface area contributed by atoms with Crippen LogP contribution in [0.4, 0.5) is 0 Å². The molecule has 0 aromatic heterocycles. The van der Waals surface area contributed by atoms with Gasteiger partial charge in [-0.25, -0.2) is 4.79 Å². The first-order chi connectivity index (χ1) is 9.08. The number of carbonyl (C=O) groups excluding carboxylic acids is 1. The van der Waals surface area contributed by atoms with Gasteiger partial charge in [-0.05, 0) is 30.4 Å². The number of rotatable bonds is 4. The Hall–Kier alpha value is -2.32. The van der Waals surface area contributed by atoms with Crippen LogP contribution in [0.2, 0.25) is 5.02 Å². The first kappa shape index (κ1) is 14.7. The third-order valence-corrected chi connectivity index (χ3v) is 2.35. The Morgan fingerprint density at radius 2 is 2.11 bits per heavy atom. The van der Waals surface area contributed by atoms with E-state index in [0.717, 1.165) is 11.6 Å². The lowest BCUT2D eigenvalue weighted by Crippen LogP contribution is -2.13. The van der Waals surface area contributed by atoms with Crippen molar-refractivity contribution in [2.24, 2.45) is 0 Å². The zero-order valence-electron chi connectivity index (χ0n) is 10.2. The molecular weight excluding hydrogens is 268 g/mol. The second kappa shape index (κ2) is 7.19. The first-order valence-electron chi connectivity index (χ1n) is 5.45. The Morgan fingerprint density at radius 3 is 2.63 bits per heavy atom. The van der Waals surface area contributed by atoms with Crippen molar-refractivity contribution in [1.29, 1.82) is 5.39 Å². The highest BCUT2D eigenvalue weighted by atomic mass is 35.5. The number of hydrogen-bond acceptors (Lipinski definition) is 4. The standard InChI is InChI=1S/C13H11ClN2O3/c1-2-19-13(18)12(16-15)11(17)8-5-9-3-6-10(14)7-4-9/h3-8H,2H2,1H3/b8-5+. The van der Waals surface area contributed by atoms with Crippen molar-refractivity contribution in [2.75, 3.05) is 6.61 Å². The Kier molecular flexibility index (Phi) is 5.58. The molecule has 0 atom stereocenters. The molecule has 1 aromatic carbocycles. The number of carbonyl (C=O) groups is 1. The maximum absolute atomic E-state index is 11.6. The number of ether oxygens (including phenoxy) is 1. The Balaban J connectivity index is 2.92. The van der Waals surface area contributed by atoms with Crippen LogP contribution in [-0.4, -0.2) is 12.6 Å². The highest BCUT2D eigenvalue weighted by molar-refractivity contribution is 6.30. The molecule has 5 nitrogen and oxygen atoms in total. The topological polar surface area (TPSA) is 77.5 Å². The van der Waals surface area contributed by atoms with Crippen LogP contribution in [0.3, 0.4) is 0 Å². The number of esters is 1. The molecule has 1 rings (SSSR count). The second-order valence-corrected chi connectivity index (χ2v) is 3.85. The number of hydrogen-bond donors (Lipinski definition) is 0. The van der Waals surface area contributed by atoms with Gasteiger partial charge in [0.05, 0.1) is 6.61 Å². The summed E-state index contributed by atoms with van der Waals surface area (Å²) < 4.78 is 4.58. The van der Waals surface area contributed by atoms with E-state index in [1.165, 1.54) is 6.08 Å². The Bertz CT molecular complexity index is 556. The summed E-state index contributed by atoms with van der Waals surface area (Å²) in [6, 6.07) is 6.73. The van der Waals surface area contributed by atoms with E-state index in [9.17, 15) is 9.90 Å². The van der Waals surface area contributed by atoms with E-state index in [4.69, 9.17) is 17.0 Å². The molecule has 0 bridgehead atoms. The average Bonchev–Trinajstić information content (AvgIpc) is 2.39. The van der Waals surface area contributed by atoms with Crippen molar-refractivity contribution in [2.45, 2.75) is 6.92 Å². The van der Waals surface area contributed by atoms with Crippen LogP contribution < -0.4 is 5.11 Å². The molecule has 0 N–H and O–H groups in total. The van der Waals surface area contributed by atoms with Crippen LogP contribution in [-0.2, 0) is 9.53 Å². The van der Waals surface area contributed by atoms with Gasteiger partial charge in [-0.1, -0.05) is 35.9 Å². The van der Waals surface area contributed by atoms with Gasteiger partial charge in [-0.15, -0.1) is 0 Å². The molecule has 19 heavy (non-hydrogen) atoms. The lowest BCUT2D eigenvalue weighted by molar-refractivity contribution is -0.296. The Morgan fingerprint density at radius 1 is 1.47 bits per heavy atom. The van der Waals surface area contributed by atoms with Crippen molar-refractivity contribution >= 4 is 23.6 Å². The number of nitrogens with zero attached hydrogens (tertiary/aromatic N) is 2. The van der Waals surface area contributed by atoms with Crippen molar-refractivity contribution < 1.29 is 14.6 Å². The third kappa shape index (κ3) is 4.45. The van der Waals surface area contributed by atoms with Gasteiger partial charge >= 0.3 is 11.7 Å². The maximum atomic E-state index is 11.6. The fourth-order valence-corrected chi connectivity index (χ4v) is 1.34. The van der Waals surface area contributed by atoms with E-state index >= 15 is 0 Å². The fourth-order valence-electron chi connectivity index (χ4n) is 1.21. The lowest BCUT2D eigenvalue weighted by Gasteiger charge is -2.02. The van der Waals surface area contributed by atoms with Gasteiger partial charge in [0.25, 0.3) is 0 Å². The Labute approximate surface area is 115 Å². The molecule has 0 aliphatic heterocycles. The summed E-state index contributed by atoms with van der Waals surface area (Å²) in [6.07, 6.45) is 2.60. The van der Waals surface area contributed by atoms with E-state index in [-0.39, 0.29) is 6.61 Å². The summed E-state index contributed by atoms with van der Waals surface area (Å²) in [6.45, 7) is 1.67. The minimum absolute atomic E-state index is 0.0893. The van der Waals surface area contributed by atoms with Crippen molar-refractivity contribution in [3.05, 3.63) is 57.4 Å². The monoisotopic (exact) mass is 278 g/mol. The quantitative estimate of drug-likeness (QED) is 0.278. The molecule has 0 spiro atoms. The van der Waals surface area contributed by atoms with Crippen LogP contribution in [0.25, 0.3) is 11.1 Å². The zero-order chi connectivity index (χ0) is 14.3. The number of benzene rings is 1. The molecule has 0 aliphatic carbocycles. The van der Waals surface area contributed by atoms with Crippen LogP contribution in [0.15, 0.2) is 41.8 Å². The van der Waals surface area contributed by atoms with E-state index in [1.807, 2.05) is 0 Å². The highest BCUT2D eigenvalue weighted by Gasteiger charge is 2.24. The molecule has 0 heterocycles. The number of halogens is 1. The molecule has 6 heteroatoms. The molecule has 0 fully saturated rings. The van der Waals surface area contributed by atoms with Crippen LogP contribution in [0, 0.1) is 5.39 Å². The van der Waals surface area contributed by atoms with E-state index in [1.54, 1.807) is 31.2 Å². The van der Waals surface area contributed by atoms with E-state index in [2.05, 4.69) is 9.71 Å². The van der Waals surface area contributed by atoms with Crippen molar-refractivity contribution in [3.63, 3.8) is 0 Å². The number of allylic oxidation sites excluding steroid dienone is 1. The summed E-state index contributed by atoms with van der Waals surface area (Å²) in [5.41, 5.74) is 0.0611. The predicted molar refractivity (Wildman–Crippen MR) is 69.2 cm³/mol. The molecule has 0 amide bonds. The van der Waals surface area contributed by atoms with Gasteiger partial charge in [-0.3, -0.25) is 0 Å². The smallest absolute Gasteiger partial charge is 0.460 e. The SMILES string of the molecule is CCOC(=O)C([N+]#N)=C([O-])/C=C/c1ccc(Cl)cc1. The van der Waals surface area contributed by atoms with Gasteiger partial charge in [0.1, 0.15) is 0 Å². The third-order valence-electron chi connectivity index (χ3n) is 2.10. The average molecular weight is 279 g/mol. The van der Waals surface area contributed by atoms with Gasteiger partial charge in [0.2, 0.25) is 5.39 Å². The molecule has 0 saturated carbocycles. The summed E-state index contributed by atoms with van der Waals surface area (Å²) in [5, 5.41) is 20.8. The molecule has 0 radical (unpaired) electrons. The van der Waals surface area contributed by atoms with Crippen molar-refractivity contribution in [3.8, 4) is 0 Å². The van der Waals surface area contributed by atoms with E-state index in [0.29, 0.717) is 5.02 Å². The van der Waals surface area contributed by atoms with Crippen LogP contribution >= 0.6 is 11.6 Å².